The molecule has 0 bridgehead atoms. The van der Waals surface area contributed by atoms with E-state index in [0.717, 1.165) is 5.56 Å². The summed E-state index contributed by atoms with van der Waals surface area (Å²) in [5.41, 5.74) is 0.756. The van der Waals surface area contributed by atoms with E-state index in [9.17, 15) is 5.11 Å². The summed E-state index contributed by atoms with van der Waals surface area (Å²) in [7, 11) is 0. The van der Waals surface area contributed by atoms with Crippen LogP contribution in [0.3, 0.4) is 0 Å². The van der Waals surface area contributed by atoms with Crippen LogP contribution in [0.2, 0.25) is 0 Å². The maximum atomic E-state index is 9.33. The van der Waals surface area contributed by atoms with Gasteiger partial charge in [0.1, 0.15) is 18.5 Å². The quantitative estimate of drug-likeness (QED) is 0.663. The average Bonchev–Trinajstić information content (AvgIpc) is 2.26. The second kappa shape index (κ2) is 5.70. The van der Waals surface area contributed by atoms with Crippen LogP contribution >= 0.6 is 0 Å². The van der Waals surface area contributed by atoms with Crippen LogP contribution in [0.4, 0.5) is 0 Å². The molecule has 1 aromatic carbocycles. The van der Waals surface area contributed by atoms with Crippen LogP contribution in [0.5, 0.6) is 5.75 Å². The minimum Gasteiger partial charge on any atom is -0.491 e. The van der Waals surface area contributed by atoms with Crippen molar-refractivity contribution >= 4 is 0 Å². The SMILES string of the molecule is C[C@@H](O)c1cccc(OCC(O)CO)c1. The smallest absolute Gasteiger partial charge is 0.119 e. The summed E-state index contributed by atoms with van der Waals surface area (Å²) in [4.78, 5) is 0. The van der Waals surface area contributed by atoms with Crippen molar-refractivity contribution in [1.29, 1.82) is 0 Å². The Labute approximate surface area is 88.8 Å². The van der Waals surface area contributed by atoms with Crippen LogP contribution in [0.15, 0.2) is 24.3 Å². The molecule has 3 N–H and O–H groups in total. The summed E-state index contributed by atoms with van der Waals surface area (Å²) in [5, 5.41) is 27.0. The largest absolute Gasteiger partial charge is 0.491 e. The van der Waals surface area contributed by atoms with Gasteiger partial charge in [0.25, 0.3) is 0 Å². The maximum Gasteiger partial charge on any atom is 0.119 e. The minimum absolute atomic E-state index is 0.0414. The molecule has 84 valence electrons. The van der Waals surface area contributed by atoms with E-state index in [0.29, 0.717) is 5.75 Å². The number of rotatable bonds is 5. The lowest BCUT2D eigenvalue weighted by atomic mass is 10.1. The highest BCUT2D eigenvalue weighted by atomic mass is 16.5. The van der Waals surface area contributed by atoms with Gasteiger partial charge >= 0.3 is 0 Å². The predicted octanol–water partition coefficient (Wildman–Crippen LogP) is 0.472. The normalized spacial score (nSPS) is 14.7. The van der Waals surface area contributed by atoms with Crippen molar-refractivity contribution in [3.8, 4) is 5.75 Å². The first kappa shape index (κ1) is 12.0. The third-order valence-corrected chi connectivity index (χ3v) is 1.99. The Kier molecular flexibility index (Phi) is 4.55. The first-order valence-electron chi connectivity index (χ1n) is 4.83. The number of aliphatic hydroxyl groups is 3. The van der Waals surface area contributed by atoms with Gasteiger partial charge in [-0.15, -0.1) is 0 Å². The van der Waals surface area contributed by atoms with Gasteiger partial charge in [0.05, 0.1) is 12.7 Å². The minimum atomic E-state index is -0.875. The molecule has 0 aliphatic rings. The van der Waals surface area contributed by atoms with Gasteiger partial charge in [-0.1, -0.05) is 12.1 Å². The fraction of sp³-hybridized carbons (Fsp3) is 0.455. The third-order valence-electron chi connectivity index (χ3n) is 1.99. The van der Waals surface area contributed by atoms with E-state index in [4.69, 9.17) is 14.9 Å². The van der Waals surface area contributed by atoms with Crippen LogP contribution in [-0.4, -0.2) is 34.6 Å². The number of ether oxygens (including phenoxy) is 1. The second-order valence-electron chi connectivity index (χ2n) is 3.40. The van der Waals surface area contributed by atoms with Gasteiger partial charge in [0.2, 0.25) is 0 Å². The van der Waals surface area contributed by atoms with Crippen LogP contribution in [0, 0.1) is 0 Å². The van der Waals surface area contributed by atoms with E-state index in [-0.39, 0.29) is 13.2 Å². The van der Waals surface area contributed by atoms with Crippen molar-refractivity contribution in [2.45, 2.75) is 19.1 Å². The van der Waals surface area contributed by atoms with Crippen molar-refractivity contribution in [1.82, 2.24) is 0 Å². The molecule has 0 spiro atoms. The molecule has 4 nitrogen and oxygen atoms in total. The number of benzene rings is 1. The highest BCUT2D eigenvalue weighted by Crippen LogP contribution is 2.18. The average molecular weight is 212 g/mol. The van der Waals surface area contributed by atoms with Crippen molar-refractivity contribution in [3.63, 3.8) is 0 Å². The molecule has 0 saturated heterocycles. The summed E-state index contributed by atoms with van der Waals surface area (Å²) >= 11 is 0. The summed E-state index contributed by atoms with van der Waals surface area (Å²) in [5.74, 6) is 0.570. The molecule has 15 heavy (non-hydrogen) atoms. The van der Waals surface area contributed by atoms with Crippen LogP contribution in [0.1, 0.15) is 18.6 Å². The highest BCUT2D eigenvalue weighted by molar-refractivity contribution is 5.29. The van der Waals surface area contributed by atoms with Crippen LogP contribution in [-0.2, 0) is 0 Å². The summed E-state index contributed by atoms with van der Waals surface area (Å²) < 4.78 is 5.23. The Morgan fingerprint density at radius 1 is 1.33 bits per heavy atom. The maximum absolute atomic E-state index is 9.33. The van der Waals surface area contributed by atoms with Gasteiger partial charge in [0.15, 0.2) is 0 Å². The molecular formula is C11H16O4. The zero-order valence-corrected chi connectivity index (χ0v) is 8.63. The predicted molar refractivity (Wildman–Crippen MR) is 55.7 cm³/mol. The molecule has 0 amide bonds. The van der Waals surface area contributed by atoms with Gasteiger partial charge in [-0.2, -0.15) is 0 Å². The number of hydrogen-bond acceptors (Lipinski definition) is 4. The standard InChI is InChI=1S/C11H16O4/c1-8(13)9-3-2-4-11(5-9)15-7-10(14)6-12/h2-5,8,10,12-14H,6-7H2,1H3/t8-,10?/m1/s1. The molecule has 0 aliphatic heterocycles. The van der Waals surface area contributed by atoms with Gasteiger partial charge in [0, 0.05) is 0 Å². The zero-order valence-electron chi connectivity index (χ0n) is 8.63. The topological polar surface area (TPSA) is 69.9 Å². The van der Waals surface area contributed by atoms with Crippen molar-refractivity contribution in [2.24, 2.45) is 0 Å². The van der Waals surface area contributed by atoms with Crippen molar-refractivity contribution in [2.75, 3.05) is 13.2 Å². The summed E-state index contributed by atoms with van der Waals surface area (Å²) in [6.07, 6.45) is -1.42. The van der Waals surface area contributed by atoms with Crippen molar-refractivity contribution < 1.29 is 20.1 Å². The first-order valence-corrected chi connectivity index (χ1v) is 4.83. The monoisotopic (exact) mass is 212 g/mol. The molecule has 4 heteroatoms. The Morgan fingerprint density at radius 3 is 2.67 bits per heavy atom. The Hall–Kier alpha value is -1.10. The molecule has 2 atom stereocenters. The lowest BCUT2D eigenvalue weighted by Crippen LogP contribution is -2.21. The fourth-order valence-electron chi connectivity index (χ4n) is 1.11. The highest BCUT2D eigenvalue weighted by Gasteiger charge is 2.05. The van der Waals surface area contributed by atoms with Crippen LogP contribution in [0.25, 0.3) is 0 Å². The molecule has 1 aromatic rings. The second-order valence-corrected chi connectivity index (χ2v) is 3.40. The van der Waals surface area contributed by atoms with E-state index < -0.39 is 12.2 Å². The van der Waals surface area contributed by atoms with Gasteiger partial charge in [-0.25, -0.2) is 0 Å². The van der Waals surface area contributed by atoms with E-state index >= 15 is 0 Å². The molecular weight excluding hydrogens is 196 g/mol. The van der Waals surface area contributed by atoms with Gasteiger partial charge in [-0.3, -0.25) is 0 Å². The molecule has 0 aliphatic carbocycles. The van der Waals surface area contributed by atoms with Gasteiger partial charge < -0.3 is 20.1 Å². The number of aliphatic hydroxyl groups excluding tert-OH is 3. The molecule has 1 unspecified atom stereocenters. The summed E-state index contributed by atoms with van der Waals surface area (Å²) in [6, 6.07) is 6.99. The molecule has 1 rings (SSSR count). The summed E-state index contributed by atoms with van der Waals surface area (Å²) in [6.45, 7) is 1.39. The lowest BCUT2D eigenvalue weighted by Gasteiger charge is -2.11. The molecule has 0 saturated carbocycles. The molecule has 0 fully saturated rings. The number of hydrogen-bond donors (Lipinski definition) is 3. The molecule has 0 radical (unpaired) electrons. The van der Waals surface area contributed by atoms with E-state index in [2.05, 4.69) is 0 Å². The molecule has 0 heterocycles. The molecule has 0 aromatic heterocycles. The first-order chi connectivity index (χ1) is 7.13. The van der Waals surface area contributed by atoms with E-state index in [1.54, 1.807) is 31.2 Å². The van der Waals surface area contributed by atoms with E-state index in [1.165, 1.54) is 0 Å². The van der Waals surface area contributed by atoms with Crippen molar-refractivity contribution in [3.05, 3.63) is 29.8 Å². The van der Waals surface area contributed by atoms with Crippen LogP contribution < -0.4 is 4.74 Å². The Morgan fingerprint density at radius 2 is 2.07 bits per heavy atom. The fourth-order valence-corrected chi connectivity index (χ4v) is 1.11. The lowest BCUT2D eigenvalue weighted by molar-refractivity contribution is 0.0535. The zero-order chi connectivity index (χ0) is 11.3. The third kappa shape index (κ3) is 3.87. The Balaban J connectivity index is 2.58. The van der Waals surface area contributed by atoms with Gasteiger partial charge in [-0.05, 0) is 24.6 Å². The Bertz CT molecular complexity index is 298. The van der Waals surface area contributed by atoms with E-state index in [1.807, 2.05) is 0 Å².